The highest BCUT2D eigenvalue weighted by Crippen LogP contribution is 2.50. The highest BCUT2D eigenvalue weighted by atomic mass is 16.5. The maximum atomic E-state index is 12.0. The molecule has 1 atom stereocenters. The van der Waals surface area contributed by atoms with Gasteiger partial charge in [-0.3, -0.25) is 4.79 Å². The molecule has 1 unspecified atom stereocenters. The predicted octanol–water partition coefficient (Wildman–Crippen LogP) is 1.70. The van der Waals surface area contributed by atoms with Crippen LogP contribution in [0.3, 0.4) is 0 Å². The first-order chi connectivity index (χ1) is 7.23. The Morgan fingerprint density at radius 3 is 2.40 bits per heavy atom. The van der Waals surface area contributed by atoms with E-state index in [4.69, 9.17) is 10.5 Å². The zero-order chi connectivity index (χ0) is 10.9. The van der Waals surface area contributed by atoms with Crippen molar-refractivity contribution in [1.29, 1.82) is 0 Å². The van der Waals surface area contributed by atoms with Crippen molar-refractivity contribution in [2.45, 2.75) is 38.5 Å². The summed E-state index contributed by atoms with van der Waals surface area (Å²) in [5.74, 6) is 1.14. The molecule has 0 bridgehead atoms. The van der Waals surface area contributed by atoms with Crippen molar-refractivity contribution in [3.05, 3.63) is 0 Å². The van der Waals surface area contributed by atoms with Crippen molar-refractivity contribution < 1.29 is 9.53 Å². The van der Waals surface area contributed by atoms with Crippen LogP contribution in [-0.2, 0) is 9.53 Å². The zero-order valence-electron chi connectivity index (χ0n) is 9.50. The van der Waals surface area contributed by atoms with Crippen LogP contribution >= 0.6 is 0 Å². The van der Waals surface area contributed by atoms with E-state index in [2.05, 4.69) is 0 Å². The lowest BCUT2D eigenvalue weighted by molar-refractivity contribution is -0.159. The van der Waals surface area contributed by atoms with E-state index in [0.29, 0.717) is 12.5 Å². The van der Waals surface area contributed by atoms with Gasteiger partial charge in [0, 0.05) is 6.54 Å². The second-order valence-corrected chi connectivity index (χ2v) is 5.13. The van der Waals surface area contributed by atoms with Crippen molar-refractivity contribution >= 4 is 5.97 Å². The van der Waals surface area contributed by atoms with Crippen molar-refractivity contribution in [2.24, 2.45) is 23.0 Å². The largest absolute Gasteiger partial charge is 0.469 e. The Labute approximate surface area is 91.4 Å². The molecule has 2 saturated carbocycles. The van der Waals surface area contributed by atoms with Gasteiger partial charge >= 0.3 is 5.97 Å². The molecule has 2 N–H and O–H groups in total. The molecular formula is C12H21NO2. The van der Waals surface area contributed by atoms with Crippen molar-refractivity contribution in [3.63, 3.8) is 0 Å². The van der Waals surface area contributed by atoms with Crippen molar-refractivity contribution in [1.82, 2.24) is 0 Å². The summed E-state index contributed by atoms with van der Waals surface area (Å²) < 4.78 is 4.97. The van der Waals surface area contributed by atoms with Crippen LogP contribution in [0.2, 0.25) is 0 Å². The number of hydrogen-bond acceptors (Lipinski definition) is 3. The highest BCUT2D eigenvalue weighted by Gasteiger charge is 2.50. The van der Waals surface area contributed by atoms with Crippen LogP contribution in [0.1, 0.15) is 38.5 Å². The van der Waals surface area contributed by atoms with Gasteiger partial charge in [0.1, 0.15) is 0 Å². The summed E-state index contributed by atoms with van der Waals surface area (Å²) in [5.41, 5.74) is 5.52. The third-order valence-electron chi connectivity index (χ3n) is 4.19. The molecule has 0 saturated heterocycles. The average molecular weight is 211 g/mol. The highest BCUT2D eigenvalue weighted by molar-refractivity contribution is 5.77. The predicted molar refractivity (Wildman–Crippen MR) is 58.2 cm³/mol. The number of ether oxygens (including phenoxy) is 1. The van der Waals surface area contributed by atoms with Crippen LogP contribution in [0, 0.1) is 17.3 Å². The number of carbonyl (C=O) groups excluding carboxylic acids is 1. The SMILES string of the molecule is COC(=O)C(CN)(CC1CC1)C1CCC1. The number of rotatable bonds is 5. The first-order valence-electron chi connectivity index (χ1n) is 6.01. The van der Waals surface area contributed by atoms with E-state index >= 15 is 0 Å². The Balaban J connectivity index is 2.11. The first kappa shape index (κ1) is 10.9. The van der Waals surface area contributed by atoms with Crippen LogP contribution in [-0.4, -0.2) is 19.6 Å². The second kappa shape index (κ2) is 4.12. The van der Waals surface area contributed by atoms with Gasteiger partial charge in [-0.2, -0.15) is 0 Å². The van der Waals surface area contributed by atoms with E-state index in [1.807, 2.05) is 0 Å². The average Bonchev–Trinajstić information content (AvgIpc) is 2.96. The van der Waals surface area contributed by atoms with Crippen LogP contribution in [0.4, 0.5) is 0 Å². The molecule has 0 aliphatic heterocycles. The lowest BCUT2D eigenvalue weighted by Gasteiger charge is -2.42. The summed E-state index contributed by atoms with van der Waals surface area (Å²) in [5, 5.41) is 0. The number of carbonyl (C=O) groups is 1. The molecule has 0 radical (unpaired) electrons. The fourth-order valence-electron chi connectivity index (χ4n) is 2.75. The van der Waals surface area contributed by atoms with Crippen LogP contribution in [0.25, 0.3) is 0 Å². The number of esters is 1. The number of hydrogen-bond donors (Lipinski definition) is 1. The molecule has 0 aromatic rings. The molecule has 0 aromatic heterocycles. The summed E-state index contributed by atoms with van der Waals surface area (Å²) in [7, 11) is 1.48. The maximum Gasteiger partial charge on any atom is 0.313 e. The Morgan fingerprint density at radius 2 is 2.07 bits per heavy atom. The van der Waals surface area contributed by atoms with Gasteiger partial charge in [0.05, 0.1) is 12.5 Å². The smallest absolute Gasteiger partial charge is 0.313 e. The molecule has 3 nitrogen and oxygen atoms in total. The molecule has 0 amide bonds. The van der Waals surface area contributed by atoms with Crippen molar-refractivity contribution in [3.8, 4) is 0 Å². The maximum absolute atomic E-state index is 12.0. The van der Waals surface area contributed by atoms with Crippen LogP contribution < -0.4 is 5.73 Å². The van der Waals surface area contributed by atoms with Crippen LogP contribution in [0.15, 0.2) is 0 Å². The summed E-state index contributed by atoms with van der Waals surface area (Å²) in [6.45, 7) is 0.459. The molecule has 2 aliphatic carbocycles. The normalized spacial score (nSPS) is 25.5. The quantitative estimate of drug-likeness (QED) is 0.704. The molecule has 0 spiro atoms. The Morgan fingerprint density at radius 1 is 1.40 bits per heavy atom. The minimum Gasteiger partial charge on any atom is -0.469 e. The summed E-state index contributed by atoms with van der Waals surface area (Å²) in [6.07, 6.45) is 7.05. The molecule has 0 heterocycles. The monoisotopic (exact) mass is 211 g/mol. The van der Waals surface area contributed by atoms with E-state index in [1.54, 1.807) is 0 Å². The van der Waals surface area contributed by atoms with E-state index in [-0.39, 0.29) is 11.4 Å². The van der Waals surface area contributed by atoms with E-state index < -0.39 is 0 Å². The molecule has 2 fully saturated rings. The fraction of sp³-hybridized carbons (Fsp3) is 0.917. The van der Waals surface area contributed by atoms with E-state index in [0.717, 1.165) is 25.2 Å². The topological polar surface area (TPSA) is 52.3 Å². The lowest BCUT2D eigenvalue weighted by Crippen LogP contribution is -2.48. The summed E-state index contributed by atoms with van der Waals surface area (Å²) in [4.78, 5) is 12.0. The lowest BCUT2D eigenvalue weighted by atomic mass is 9.62. The first-order valence-corrected chi connectivity index (χ1v) is 6.01. The Bertz CT molecular complexity index is 246. The van der Waals surface area contributed by atoms with Crippen molar-refractivity contribution in [2.75, 3.05) is 13.7 Å². The molecule has 2 aliphatic rings. The van der Waals surface area contributed by atoms with Gasteiger partial charge in [0.2, 0.25) is 0 Å². The standard InChI is InChI=1S/C12H21NO2/c1-15-11(14)12(8-13,7-9-5-6-9)10-3-2-4-10/h9-10H,2-8,13H2,1H3. The second-order valence-electron chi connectivity index (χ2n) is 5.13. The van der Waals surface area contributed by atoms with Gasteiger partial charge in [-0.1, -0.05) is 19.3 Å². The molecule has 3 heteroatoms. The zero-order valence-corrected chi connectivity index (χ0v) is 9.50. The van der Waals surface area contributed by atoms with Crippen LogP contribution in [0.5, 0.6) is 0 Å². The summed E-state index contributed by atoms with van der Waals surface area (Å²) in [6, 6.07) is 0. The van der Waals surface area contributed by atoms with Gasteiger partial charge in [0.15, 0.2) is 0 Å². The van der Waals surface area contributed by atoms with Gasteiger partial charge in [-0.05, 0) is 31.1 Å². The number of nitrogens with two attached hydrogens (primary N) is 1. The molecule has 15 heavy (non-hydrogen) atoms. The number of methoxy groups -OCH3 is 1. The third-order valence-corrected chi connectivity index (χ3v) is 4.19. The minimum absolute atomic E-state index is 0.0680. The minimum atomic E-state index is -0.353. The van der Waals surface area contributed by atoms with E-state index in [1.165, 1.54) is 26.4 Å². The van der Waals surface area contributed by atoms with E-state index in [9.17, 15) is 4.79 Å². The molecule has 2 rings (SSSR count). The Kier molecular flexibility index (Phi) is 3.01. The molecule has 86 valence electrons. The molecule has 0 aromatic carbocycles. The third kappa shape index (κ3) is 1.89. The molecular weight excluding hydrogens is 190 g/mol. The summed E-state index contributed by atoms with van der Waals surface area (Å²) >= 11 is 0. The fourth-order valence-corrected chi connectivity index (χ4v) is 2.75. The van der Waals surface area contributed by atoms with Gasteiger partial charge in [-0.25, -0.2) is 0 Å². The van der Waals surface area contributed by atoms with Gasteiger partial charge in [0.25, 0.3) is 0 Å². The van der Waals surface area contributed by atoms with Gasteiger partial charge < -0.3 is 10.5 Å². The Hall–Kier alpha value is -0.570. The van der Waals surface area contributed by atoms with Gasteiger partial charge in [-0.15, -0.1) is 0 Å².